The highest BCUT2D eigenvalue weighted by molar-refractivity contribution is 5.98. The third kappa shape index (κ3) is 8.98. The minimum Gasteiger partial charge on any atom is -0.507 e. The van der Waals surface area contributed by atoms with Crippen molar-refractivity contribution in [1.29, 1.82) is 0 Å². The van der Waals surface area contributed by atoms with Crippen LogP contribution >= 0.6 is 0 Å². The Morgan fingerprint density at radius 2 is 1.13 bits per heavy atom. The summed E-state index contributed by atoms with van der Waals surface area (Å²) in [6.07, 6.45) is 1.92. The zero-order valence-corrected chi connectivity index (χ0v) is 41.0. The zero-order chi connectivity index (χ0) is 47.4. The van der Waals surface area contributed by atoms with Crippen molar-refractivity contribution in [1.82, 2.24) is 14.5 Å². The number of rotatable bonds is 9. The molecule has 336 valence electrons. The van der Waals surface area contributed by atoms with Crippen molar-refractivity contribution in [2.24, 2.45) is 0 Å². The number of imidazole rings is 1. The van der Waals surface area contributed by atoms with E-state index in [2.05, 4.69) is 238 Å². The van der Waals surface area contributed by atoms with Crippen molar-refractivity contribution in [3.63, 3.8) is 0 Å². The highest BCUT2D eigenvalue weighted by atomic mass is 16.3. The third-order valence-corrected chi connectivity index (χ3v) is 13.3. The Morgan fingerprint density at radius 1 is 0.493 bits per heavy atom. The lowest BCUT2D eigenvalue weighted by Crippen LogP contribution is -2.11. The van der Waals surface area contributed by atoms with Gasteiger partial charge < -0.3 is 5.11 Å². The van der Waals surface area contributed by atoms with Crippen LogP contribution in [0.1, 0.15) is 109 Å². The van der Waals surface area contributed by atoms with Gasteiger partial charge in [-0.3, -0.25) is 9.55 Å². The summed E-state index contributed by atoms with van der Waals surface area (Å²) >= 11 is 0. The summed E-state index contributed by atoms with van der Waals surface area (Å²) in [6.45, 7) is 24.5. The smallest absolute Gasteiger partial charge is 0.149 e. The van der Waals surface area contributed by atoms with Gasteiger partial charge in [0.2, 0.25) is 0 Å². The molecule has 0 unspecified atom stereocenters. The monoisotopic (exact) mass is 877 g/mol. The SMILES string of the molecule is Cc1ccc(-n2c(-c3cc(C(C)C)cc(C(C)C)c3O)nc3c(-c4cc(-c5cc(-c6ccc(-c7ccccc7)cc6)ccn5)cc(C(C)(C)C)c4)cccc32)c(-c2ccc(C(C)(C)C)cc2)c1. The molecule has 0 aliphatic rings. The van der Waals surface area contributed by atoms with Crippen LogP contribution in [0.4, 0.5) is 0 Å². The van der Waals surface area contributed by atoms with Crippen molar-refractivity contribution in [2.75, 3.05) is 0 Å². The first-order valence-corrected chi connectivity index (χ1v) is 23.8. The number of phenols is 1. The molecule has 0 amide bonds. The Morgan fingerprint density at radius 3 is 1.79 bits per heavy atom. The molecule has 0 aliphatic heterocycles. The van der Waals surface area contributed by atoms with Gasteiger partial charge in [-0.05, 0) is 134 Å². The van der Waals surface area contributed by atoms with E-state index in [1.807, 2.05) is 6.20 Å². The molecule has 0 bridgehead atoms. The van der Waals surface area contributed by atoms with Gasteiger partial charge >= 0.3 is 0 Å². The first-order chi connectivity index (χ1) is 31.9. The van der Waals surface area contributed by atoms with Gasteiger partial charge in [-0.1, -0.05) is 184 Å². The summed E-state index contributed by atoms with van der Waals surface area (Å²) in [4.78, 5) is 10.7. The zero-order valence-electron chi connectivity index (χ0n) is 41.0. The van der Waals surface area contributed by atoms with E-state index in [4.69, 9.17) is 9.97 Å². The summed E-state index contributed by atoms with van der Waals surface area (Å²) < 4.78 is 2.29. The molecule has 4 nitrogen and oxygen atoms in total. The molecule has 0 radical (unpaired) electrons. The van der Waals surface area contributed by atoms with Gasteiger partial charge in [0.15, 0.2) is 0 Å². The Labute approximate surface area is 398 Å². The van der Waals surface area contributed by atoms with Gasteiger partial charge in [0.1, 0.15) is 11.6 Å². The Balaban J connectivity index is 1.26. The quantitative estimate of drug-likeness (QED) is 0.157. The molecule has 0 saturated heterocycles. The van der Waals surface area contributed by atoms with Crippen LogP contribution in [0.3, 0.4) is 0 Å². The lowest BCUT2D eigenvalue weighted by Gasteiger charge is -2.22. The predicted molar refractivity (Wildman–Crippen MR) is 283 cm³/mol. The minimum atomic E-state index is -0.149. The molecule has 1 N–H and O–H groups in total. The van der Waals surface area contributed by atoms with E-state index in [0.717, 1.165) is 72.5 Å². The number of aromatic hydroxyl groups is 1. The minimum absolute atomic E-state index is 0.0310. The summed E-state index contributed by atoms with van der Waals surface area (Å²) in [6, 6.07) is 57.0. The number of nitrogens with zero attached hydrogens (tertiary/aromatic N) is 3. The van der Waals surface area contributed by atoms with Crippen molar-refractivity contribution < 1.29 is 5.11 Å². The maximum absolute atomic E-state index is 12.3. The second-order valence-electron chi connectivity index (χ2n) is 21.0. The topological polar surface area (TPSA) is 50.9 Å². The van der Waals surface area contributed by atoms with Crippen LogP contribution in [-0.4, -0.2) is 19.6 Å². The first kappa shape index (κ1) is 45.1. The molecule has 2 aromatic heterocycles. The second-order valence-corrected chi connectivity index (χ2v) is 21.0. The first-order valence-electron chi connectivity index (χ1n) is 23.8. The lowest BCUT2D eigenvalue weighted by molar-refractivity contribution is 0.466. The van der Waals surface area contributed by atoms with E-state index >= 15 is 0 Å². The lowest BCUT2D eigenvalue weighted by atomic mass is 9.83. The normalized spacial score (nSPS) is 12.1. The van der Waals surface area contributed by atoms with Crippen LogP contribution in [0.2, 0.25) is 0 Å². The van der Waals surface area contributed by atoms with E-state index < -0.39 is 0 Å². The molecular formula is C63H63N3O. The fourth-order valence-corrected chi connectivity index (χ4v) is 9.22. The van der Waals surface area contributed by atoms with Crippen LogP contribution in [0.15, 0.2) is 164 Å². The van der Waals surface area contributed by atoms with Gasteiger partial charge in [-0.25, -0.2) is 4.98 Å². The Hall–Kier alpha value is -7.04. The molecule has 67 heavy (non-hydrogen) atoms. The number of hydrogen-bond acceptors (Lipinski definition) is 3. The molecule has 0 aliphatic carbocycles. The van der Waals surface area contributed by atoms with E-state index in [-0.39, 0.29) is 28.4 Å². The highest BCUT2D eigenvalue weighted by Crippen LogP contribution is 2.45. The standard InChI is InChI=1S/C63H63N3O/c1-39(2)47-36-53(40(3)4)60(67)55(37-47)61-65-59-52(18-15-19-58(59)66(61)57-29-20-41(5)32-54(57)45-25-27-50(28-26-45)62(6,7)8)48-33-49(35-51(34-48)63(9,10)11)56-38-46(30-31-64-56)44-23-21-43(22-24-44)42-16-13-12-14-17-42/h12-40,67H,1-11H3. The fraction of sp³-hybridized carbons (Fsp3) is 0.238. The third-order valence-electron chi connectivity index (χ3n) is 13.3. The predicted octanol–water partition coefficient (Wildman–Crippen LogP) is 17.3. The number of benzene rings is 7. The van der Waals surface area contributed by atoms with Crippen molar-refractivity contribution in [2.45, 2.75) is 98.8 Å². The van der Waals surface area contributed by atoms with Crippen molar-refractivity contribution in [3.8, 4) is 78.6 Å². The van der Waals surface area contributed by atoms with Gasteiger partial charge in [-0.15, -0.1) is 0 Å². The summed E-state index contributed by atoms with van der Waals surface area (Å²) in [5.41, 5.74) is 20.1. The average Bonchev–Trinajstić information content (AvgIpc) is 3.70. The van der Waals surface area contributed by atoms with Crippen LogP contribution in [0.25, 0.3) is 83.9 Å². The fourth-order valence-electron chi connectivity index (χ4n) is 9.22. The molecule has 4 heteroatoms. The number of fused-ring (bicyclic) bond motifs is 1. The Bertz CT molecular complexity index is 3250. The highest BCUT2D eigenvalue weighted by Gasteiger charge is 2.26. The van der Waals surface area contributed by atoms with Gasteiger partial charge in [0, 0.05) is 22.9 Å². The van der Waals surface area contributed by atoms with Crippen LogP contribution in [0, 0.1) is 6.92 Å². The molecule has 9 aromatic rings. The molecule has 0 fully saturated rings. The number of pyridine rings is 1. The number of para-hydroxylation sites is 1. The maximum Gasteiger partial charge on any atom is 0.149 e. The molecule has 9 rings (SSSR count). The van der Waals surface area contributed by atoms with Crippen LogP contribution in [-0.2, 0) is 10.8 Å². The molecule has 0 spiro atoms. The second kappa shape index (κ2) is 17.6. The maximum atomic E-state index is 12.3. The van der Waals surface area contributed by atoms with E-state index in [0.29, 0.717) is 5.82 Å². The molecule has 2 heterocycles. The molecule has 7 aromatic carbocycles. The number of aromatic nitrogens is 3. The van der Waals surface area contributed by atoms with Crippen molar-refractivity contribution >= 4 is 11.0 Å². The molecule has 0 saturated carbocycles. The van der Waals surface area contributed by atoms with Crippen LogP contribution < -0.4 is 0 Å². The van der Waals surface area contributed by atoms with Gasteiger partial charge in [-0.2, -0.15) is 0 Å². The number of aryl methyl sites for hydroxylation is 1. The van der Waals surface area contributed by atoms with E-state index in [1.165, 1.54) is 33.4 Å². The number of hydrogen-bond donors (Lipinski definition) is 1. The largest absolute Gasteiger partial charge is 0.507 e. The van der Waals surface area contributed by atoms with Gasteiger partial charge in [0.05, 0.1) is 28.0 Å². The van der Waals surface area contributed by atoms with E-state index in [9.17, 15) is 5.11 Å². The summed E-state index contributed by atoms with van der Waals surface area (Å²) in [5, 5.41) is 12.3. The van der Waals surface area contributed by atoms with Crippen molar-refractivity contribution in [3.05, 3.63) is 192 Å². The van der Waals surface area contributed by atoms with E-state index in [1.54, 1.807) is 0 Å². The van der Waals surface area contributed by atoms with Gasteiger partial charge in [0.25, 0.3) is 0 Å². The number of phenolic OH excluding ortho intramolecular Hbond substituents is 1. The molecular weight excluding hydrogens is 815 g/mol. The average molecular weight is 878 g/mol. The Kier molecular flexibility index (Phi) is 11.9. The summed E-state index contributed by atoms with van der Waals surface area (Å²) in [5.74, 6) is 1.35. The summed E-state index contributed by atoms with van der Waals surface area (Å²) in [7, 11) is 0. The molecule has 0 atom stereocenters. The van der Waals surface area contributed by atoms with Crippen LogP contribution in [0.5, 0.6) is 5.75 Å².